The van der Waals surface area contributed by atoms with Gasteiger partial charge in [0.15, 0.2) is 0 Å². The number of halogens is 2. The second-order valence-corrected chi connectivity index (χ2v) is 4.81. The Morgan fingerprint density at radius 1 is 1.31 bits per heavy atom. The molecule has 0 saturated heterocycles. The summed E-state index contributed by atoms with van der Waals surface area (Å²) in [6.45, 7) is 7.92. The van der Waals surface area contributed by atoms with Crippen LogP contribution in [-0.2, 0) is 6.42 Å². The summed E-state index contributed by atoms with van der Waals surface area (Å²) in [6, 6.07) is 6.19. The van der Waals surface area contributed by atoms with Gasteiger partial charge in [-0.25, -0.2) is 0 Å². The first-order valence-electron chi connectivity index (χ1n) is 5.36. The summed E-state index contributed by atoms with van der Waals surface area (Å²) in [4.78, 5) is 0. The van der Waals surface area contributed by atoms with Crippen LogP contribution in [0.2, 0.25) is 10.0 Å². The molecule has 0 bridgehead atoms. The molecule has 2 atom stereocenters. The monoisotopic (exact) mass is 257 g/mol. The molecule has 88 valence electrons. The summed E-state index contributed by atoms with van der Waals surface area (Å²) in [5.74, 6) is 0. The molecule has 0 amide bonds. The fourth-order valence-corrected chi connectivity index (χ4v) is 2.16. The molecular formula is C13H17Cl2N. The van der Waals surface area contributed by atoms with Gasteiger partial charge in [0.25, 0.3) is 0 Å². The molecule has 0 fully saturated rings. The highest BCUT2D eigenvalue weighted by atomic mass is 35.5. The number of hydrogen-bond donors (Lipinski definition) is 1. The minimum absolute atomic E-state index is 0.288. The van der Waals surface area contributed by atoms with Gasteiger partial charge in [-0.2, -0.15) is 0 Å². The standard InChI is InChI=1S/C13H17Cl2N/c1-4-9(2)16-10(3)8-11-12(14)6-5-7-13(11)15/h4-7,9-10,16H,1,8H2,2-3H3. The highest BCUT2D eigenvalue weighted by Crippen LogP contribution is 2.25. The molecule has 1 nitrogen and oxygen atoms in total. The van der Waals surface area contributed by atoms with Gasteiger partial charge in [0.1, 0.15) is 0 Å². The van der Waals surface area contributed by atoms with Crippen molar-refractivity contribution in [3.63, 3.8) is 0 Å². The Kier molecular flexibility index (Phi) is 5.33. The molecule has 0 saturated carbocycles. The summed E-state index contributed by atoms with van der Waals surface area (Å²) in [5.41, 5.74) is 1.00. The molecule has 0 aliphatic carbocycles. The number of rotatable bonds is 5. The minimum Gasteiger partial charge on any atom is -0.308 e. The van der Waals surface area contributed by atoms with Crippen LogP contribution in [0.3, 0.4) is 0 Å². The van der Waals surface area contributed by atoms with Crippen LogP contribution in [0.5, 0.6) is 0 Å². The first-order valence-corrected chi connectivity index (χ1v) is 6.11. The fraction of sp³-hybridized carbons (Fsp3) is 0.385. The second kappa shape index (κ2) is 6.29. The number of nitrogens with one attached hydrogen (secondary N) is 1. The normalized spacial score (nSPS) is 14.5. The van der Waals surface area contributed by atoms with Crippen LogP contribution in [-0.4, -0.2) is 12.1 Å². The van der Waals surface area contributed by atoms with Gasteiger partial charge in [-0.3, -0.25) is 0 Å². The van der Waals surface area contributed by atoms with Crippen LogP contribution in [0.25, 0.3) is 0 Å². The molecule has 3 heteroatoms. The summed E-state index contributed by atoms with van der Waals surface area (Å²) in [6.07, 6.45) is 2.70. The van der Waals surface area contributed by atoms with Crippen molar-refractivity contribution in [3.8, 4) is 0 Å². The topological polar surface area (TPSA) is 12.0 Å². The maximum Gasteiger partial charge on any atom is 0.0453 e. The van der Waals surface area contributed by atoms with Gasteiger partial charge < -0.3 is 5.32 Å². The van der Waals surface area contributed by atoms with Gasteiger partial charge in [0, 0.05) is 22.1 Å². The van der Waals surface area contributed by atoms with Crippen molar-refractivity contribution in [2.45, 2.75) is 32.4 Å². The highest BCUT2D eigenvalue weighted by Gasteiger charge is 2.11. The molecule has 0 aliphatic heterocycles. The molecule has 1 aromatic rings. The van der Waals surface area contributed by atoms with Gasteiger partial charge in [-0.15, -0.1) is 6.58 Å². The zero-order valence-corrected chi connectivity index (χ0v) is 11.1. The molecule has 0 aromatic heterocycles. The molecule has 2 unspecified atom stereocenters. The SMILES string of the molecule is C=CC(C)NC(C)Cc1c(Cl)cccc1Cl. The predicted octanol–water partition coefficient (Wildman–Crippen LogP) is 4.09. The summed E-state index contributed by atoms with van der Waals surface area (Å²) < 4.78 is 0. The smallest absolute Gasteiger partial charge is 0.0453 e. The Balaban J connectivity index is 2.69. The Hall–Kier alpha value is -0.500. The first-order chi connectivity index (χ1) is 7.54. The van der Waals surface area contributed by atoms with E-state index in [9.17, 15) is 0 Å². The molecule has 0 radical (unpaired) electrons. The van der Waals surface area contributed by atoms with E-state index in [0.29, 0.717) is 6.04 Å². The number of hydrogen-bond acceptors (Lipinski definition) is 1. The summed E-state index contributed by atoms with van der Waals surface area (Å²) >= 11 is 12.2. The predicted molar refractivity (Wildman–Crippen MR) is 72.4 cm³/mol. The van der Waals surface area contributed by atoms with Crippen LogP contribution in [0, 0.1) is 0 Å². The van der Waals surface area contributed by atoms with Crippen LogP contribution in [0.15, 0.2) is 30.9 Å². The van der Waals surface area contributed by atoms with Gasteiger partial charge in [-0.1, -0.05) is 35.3 Å². The largest absolute Gasteiger partial charge is 0.308 e. The Morgan fingerprint density at radius 2 is 1.88 bits per heavy atom. The lowest BCUT2D eigenvalue weighted by molar-refractivity contribution is 0.514. The van der Waals surface area contributed by atoms with E-state index in [2.05, 4.69) is 25.7 Å². The third kappa shape index (κ3) is 3.82. The van der Waals surface area contributed by atoms with Crippen molar-refractivity contribution in [2.75, 3.05) is 0 Å². The zero-order valence-electron chi connectivity index (χ0n) is 9.63. The lowest BCUT2D eigenvalue weighted by atomic mass is 10.1. The van der Waals surface area contributed by atoms with Crippen molar-refractivity contribution < 1.29 is 0 Å². The summed E-state index contributed by atoms with van der Waals surface area (Å²) in [7, 11) is 0. The second-order valence-electron chi connectivity index (χ2n) is 4.00. The van der Waals surface area contributed by atoms with Crippen LogP contribution < -0.4 is 5.32 Å². The van der Waals surface area contributed by atoms with Gasteiger partial charge in [0.2, 0.25) is 0 Å². The minimum atomic E-state index is 0.288. The molecule has 0 spiro atoms. The average molecular weight is 258 g/mol. The van der Waals surface area contributed by atoms with Crippen LogP contribution >= 0.6 is 23.2 Å². The van der Waals surface area contributed by atoms with Crippen molar-refractivity contribution in [2.24, 2.45) is 0 Å². The van der Waals surface area contributed by atoms with E-state index in [-0.39, 0.29) is 6.04 Å². The van der Waals surface area contributed by atoms with Crippen molar-refractivity contribution in [3.05, 3.63) is 46.5 Å². The van der Waals surface area contributed by atoms with Gasteiger partial charge >= 0.3 is 0 Å². The number of benzene rings is 1. The van der Waals surface area contributed by atoms with Crippen LogP contribution in [0.1, 0.15) is 19.4 Å². The highest BCUT2D eigenvalue weighted by molar-refractivity contribution is 6.35. The lowest BCUT2D eigenvalue weighted by Crippen LogP contribution is -2.34. The van der Waals surface area contributed by atoms with Crippen molar-refractivity contribution in [1.82, 2.24) is 5.32 Å². The maximum absolute atomic E-state index is 6.11. The Bertz CT molecular complexity index is 343. The fourth-order valence-electron chi connectivity index (χ4n) is 1.61. The summed E-state index contributed by atoms with van der Waals surface area (Å²) in [5, 5.41) is 4.86. The zero-order chi connectivity index (χ0) is 12.1. The van der Waals surface area contributed by atoms with E-state index in [1.165, 1.54) is 0 Å². The quantitative estimate of drug-likeness (QED) is 0.784. The van der Waals surface area contributed by atoms with Crippen molar-refractivity contribution >= 4 is 23.2 Å². The molecule has 1 aromatic carbocycles. The molecule has 0 aliphatic rings. The molecule has 16 heavy (non-hydrogen) atoms. The van der Waals surface area contributed by atoms with E-state index >= 15 is 0 Å². The van der Waals surface area contributed by atoms with Crippen LogP contribution in [0.4, 0.5) is 0 Å². The van der Waals surface area contributed by atoms with Crippen molar-refractivity contribution in [1.29, 1.82) is 0 Å². The molecule has 0 heterocycles. The Morgan fingerprint density at radius 3 is 2.38 bits per heavy atom. The van der Waals surface area contributed by atoms with Gasteiger partial charge in [0.05, 0.1) is 0 Å². The molecular weight excluding hydrogens is 241 g/mol. The van der Waals surface area contributed by atoms with Gasteiger partial charge in [-0.05, 0) is 38.0 Å². The average Bonchev–Trinajstić information content (AvgIpc) is 2.23. The lowest BCUT2D eigenvalue weighted by Gasteiger charge is -2.18. The molecule has 1 rings (SSSR count). The van der Waals surface area contributed by atoms with E-state index in [0.717, 1.165) is 22.0 Å². The maximum atomic E-state index is 6.11. The third-order valence-electron chi connectivity index (χ3n) is 2.47. The van der Waals surface area contributed by atoms with E-state index in [4.69, 9.17) is 23.2 Å². The first kappa shape index (κ1) is 13.6. The Labute approximate surface area is 107 Å². The third-order valence-corrected chi connectivity index (χ3v) is 3.18. The van der Waals surface area contributed by atoms with E-state index in [1.807, 2.05) is 24.3 Å². The van der Waals surface area contributed by atoms with E-state index < -0.39 is 0 Å². The molecule has 1 N–H and O–H groups in total. The van der Waals surface area contributed by atoms with E-state index in [1.54, 1.807) is 0 Å².